The van der Waals surface area contributed by atoms with E-state index in [1.165, 1.54) is 0 Å². The van der Waals surface area contributed by atoms with Crippen LogP contribution in [-0.4, -0.2) is 47.2 Å². The molecule has 1 aliphatic heterocycles. The molecule has 2 aromatic rings. The summed E-state index contributed by atoms with van der Waals surface area (Å²) >= 11 is 0. The van der Waals surface area contributed by atoms with Gasteiger partial charge in [-0.1, -0.05) is 12.1 Å². The number of β-amino-alcohol motifs (C(OH)–C–C–N with tert-alkyl or cyclic N) is 1. The maximum Gasteiger partial charge on any atom is 0.255 e. The van der Waals surface area contributed by atoms with Gasteiger partial charge in [-0.2, -0.15) is 0 Å². The third-order valence-electron chi connectivity index (χ3n) is 3.86. The number of benzene rings is 1. The summed E-state index contributed by atoms with van der Waals surface area (Å²) in [7, 11) is 1.63. The first-order chi connectivity index (χ1) is 10.7. The van der Waals surface area contributed by atoms with E-state index in [4.69, 9.17) is 4.74 Å². The Bertz CT molecular complexity index is 670. The van der Waals surface area contributed by atoms with Gasteiger partial charge in [-0.3, -0.25) is 9.78 Å². The van der Waals surface area contributed by atoms with Crippen LogP contribution in [0, 0.1) is 0 Å². The minimum Gasteiger partial charge on any atom is -0.497 e. The highest BCUT2D eigenvalue weighted by Gasteiger charge is 2.25. The van der Waals surface area contributed by atoms with E-state index in [1.807, 2.05) is 30.3 Å². The molecule has 0 bridgehead atoms. The lowest BCUT2D eigenvalue weighted by atomic mass is 10.1. The number of likely N-dealkylation sites (tertiary alicyclic amines) is 1. The first-order valence-electron chi connectivity index (χ1n) is 7.24. The first kappa shape index (κ1) is 14.5. The van der Waals surface area contributed by atoms with E-state index in [9.17, 15) is 9.90 Å². The Morgan fingerprint density at radius 2 is 2.05 bits per heavy atom. The molecule has 114 valence electrons. The number of methoxy groups -OCH3 is 1. The van der Waals surface area contributed by atoms with Crippen molar-refractivity contribution in [2.45, 2.75) is 12.5 Å². The van der Waals surface area contributed by atoms with Gasteiger partial charge in [-0.05, 0) is 30.2 Å². The van der Waals surface area contributed by atoms with Gasteiger partial charge in [0.05, 0.1) is 18.8 Å². The van der Waals surface area contributed by atoms with Gasteiger partial charge in [0.2, 0.25) is 0 Å². The molecule has 1 aromatic heterocycles. The molecular weight excluding hydrogens is 280 g/mol. The van der Waals surface area contributed by atoms with E-state index in [0.29, 0.717) is 25.1 Å². The van der Waals surface area contributed by atoms with Gasteiger partial charge in [0.15, 0.2) is 0 Å². The molecule has 5 nitrogen and oxygen atoms in total. The number of carbonyl (C=O) groups excluding carboxylic acids is 1. The van der Waals surface area contributed by atoms with Crippen LogP contribution >= 0.6 is 0 Å². The van der Waals surface area contributed by atoms with Gasteiger partial charge in [0, 0.05) is 31.0 Å². The van der Waals surface area contributed by atoms with Gasteiger partial charge in [-0.15, -0.1) is 0 Å². The van der Waals surface area contributed by atoms with Crippen molar-refractivity contribution < 1.29 is 14.6 Å². The smallest absolute Gasteiger partial charge is 0.255 e. The van der Waals surface area contributed by atoms with E-state index in [1.54, 1.807) is 24.4 Å². The zero-order valence-electron chi connectivity index (χ0n) is 12.4. The zero-order chi connectivity index (χ0) is 15.5. The molecule has 1 aromatic carbocycles. The van der Waals surface area contributed by atoms with E-state index in [-0.39, 0.29) is 5.91 Å². The number of pyridine rings is 1. The highest BCUT2D eigenvalue weighted by atomic mass is 16.5. The third-order valence-corrected chi connectivity index (χ3v) is 3.86. The Morgan fingerprint density at radius 3 is 2.68 bits per heavy atom. The Labute approximate surface area is 129 Å². The summed E-state index contributed by atoms with van der Waals surface area (Å²) in [5, 5.41) is 9.56. The number of hydrogen-bond acceptors (Lipinski definition) is 4. The van der Waals surface area contributed by atoms with Gasteiger partial charge in [-0.25, -0.2) is 0 Å². The normalized spacial score (nSPS) is 17.5. The first-order valence-corrected chi connectivity index (χ1v) is 7.24. The maximum absolute atomic E-state index is 12.4. The van der Waals surface area contributed by atoms with Gasteiger partial charge < -0.3 is 14.7 Å². The minimum atomic E-state index is -0.415. The Hall–Kier alpha value is -2.40. The lowest BCUT2D eigenvalue weighted by Crippen LogP contribution is -2.29. The molecule has 3 rings (SSSR count). The van der Waals surface area contributed by atoms with Crippen molar-refractivity contribution in [3.63, 3.8) is 0 Å². The summed E-state index contributed by atoms with van der Waals surface area (Å²) in [6.45, 7) is 0.984. The number of aliphatic hydroxyl groups is 1. The highest BCUT2D eigenvalue weighted by molar-refractivity contribution is 5.95. The van der Waals surface area contributed by atoms with Crippen LogP contribution in [0.1, 0.15) is 16.8 Å². The fourth-order valence-corrected chi connectivity index (χ4v) is 2.61. The van der Waals surface area contributed by atoms with Crippen LogP contribution in [-0.2, 0) is 0 Å². The summed E-state index contributed by atoms with van der Waals surface area (Å²) in [6.07, 6.45) is 3.52. The lowest BCUT2D eigenvalue weighted by molar-refractivity contribution is 0.0764. The van der Waals surface area contributed by atoms with Gasteiger partial charge >= 0.3 is 0 Å². The molecule has 0 saturated carbocycles. The van der Waals surface area contributed by atoms with E-state index < -0.39 is 6.10 Å². The molecule has 0 spiro atoms. The predicted molar refractivity (Wildman–Crippen MR) is 82.8 cm³/mol. The largest absolute Gasteiger partial charge is 0.497 e. The average Bonchev–Trinajstić information content (AvgIpc) is 3.01. The monoisotopic (exact) mass is 298 g/mol. The van der Waals surface area contributed by atoms with Crippen LogP contribution in [0.4, 0.5) is 0 Å². The highest BCUT2D eigenvalue weighted by Crippen LogP contribution is 2.23. The quantitative estimate of drug-likeness (QED) is 0.941. The number of carbonyl (C=O) groups is 1. The second-order valence-electron chi connectivity index (χ2n) is 5.38. The number of nitrogens with zero attached hydrogens (tertiary/aromatic N) is 2. The van der Waals surface area contributed by atoms with Crippen molar-refractivity contribution in [1.29, 1.82) is 0 Å². The SMILES string of the molecule is COc1ccc(-c2cncc(C(=O)N3CC[C@H](O)C3)c2)cc1. The number of hydrogen-bond donors (Lipinski definition) is 1. The van der Waals surface area contributed by atoms with Crippen molar-refractivity contribution in [2.75, 3.05) is 20.2 Å². The topological polar surface area (TPSA) is 62.7 Å². The molecule has 5 heteroatoms. The molecular formula is C17H18N2O3. The summed E-state index contributed by atoms with van der Waals surface area (Å²) in [4.78, 5) is 18.3. The number of ether oxygens (including phenoxy) is 1. The van der Waals surface area contributed by atoms with E-state index >= 15 is 0 Å². The molecule has 1 amide bonds. The Kier molecular flexibility index (Phi) is 4.06. The molecule has 0 unspecified atom stereocenters. The fraction of sp³-hybridized carbons (Fsp3) is 0.294. The van der Waals surface area contributed by atoms with Crippen LogP contribution in [0.15, 0.2) is 42.7 Å². The molecule has 1 fully saturated rings. The summed E-state index contributed by atoms with van der Waals surface area (Å²) in [5.74, 6) is 0.703. The van der Waals surface area contributed by atoms with Crippen molar-refractivity contribution in [1.82, 2.24) is 9.88 Å². The standard InChI is InChI=1S/C17H18N2O3/c1-22-16-4-2-12(3-5-16)13-8-14(10-18-9-13)17(21)19-7-6-15(20)11-19/h2-5,8-10,15,20H,6-7,11H2,1H3/t15-/m0/s1. The second-order valence-corrected chi connectivity index (χ2v) is 5.38. The van der Waals surface area contributed by atoms with Crippen molar-refractivity contribution in [3.05, 3.63) is 48.3 Å². The summed E-state index contributed by atoms with van der Waals surface area (Å²) in [6, 6.07) is 9.45. The number of rotatable bonds is 3. The number of aliphatic hydroxyl groups excluding tert-OH is 1. The molecule has 1 N–H and O–H groups in total. The molecule has 0 aliphatic carbocycles. The van der Waals surface area contributed by atoms with E-state index in [2.05, 4.69) is 4.98 Å². The molecule has 22 heavy (non-hydrogen) atoms. The third kappa shape index (κ3) is 2.94. The predicted octanol–water partition coefficient (Wildman–Crippen LogP) is 1.96. The van der Waals surface area contributed by atoms with Crippen LogP contribution < -0.4 is 4.74 Å². The molecule has 1 atom stereocenters. The second kappa shape index (κ2) is 6.15. The number of amides is 1. The minimum absolute atomic E-state index is 0.0839. The average molecular weight is 298 g/mol. The molecule has 1 aliphatic rings. The van der Waals surface area contributed by atoms with Crippen LogP contribution in [0.2, 0.25) is 0 Å². The molecule has 1 saturated heterocycles. The van der Waals surface area contributed by atoms with Crippen LogP contribution in [0.5, 0.6) is 5.75 Å². The summed E-state index contributed by atoms with van der Waals surface area (Å²) in [5.41, 5.74) is 2.40. The lowest BCUT2D eigenvalue weighted by Gasteiger charge is -2.15. The van der Waals surface area contributed by atoms with Crippen molar-refractivity contribution >= 4 is 5.91 Å². The van der Waals surface area contributed by atoms with Gasteiger partial charge in [0.25, 0.3) is 5.91 Å². The zero-order valence-corrected chi connectivity index (χ0v) is 12.4. The van der Waals surface area contributed by atoms with E-state index in [0.717, 1.165) is 16.9 Å². The Morgan fingerprint density at radius 1 is 1.27 bits per heavy atom. The molecule has 0 radical (unpaired) electrons. The summed E-state index contributed by atoms with van der Waals surface area (Å²) < 4.78 is 5.14. The van der Waals surface area contributed by atoms with Crippen molar-refractivity contribution in [2.24, 2.45) is 0 Å². The van der Waals surface area contributed by atoms with Crippen molar-refractivity contribution in [3.8, 4) is 16.9 Å². The molecule has 2 heterocycles. The number of aromatic nitrogens is 1. The van der Waals surface area contributed by atoms with Crippen LogP contribution in [0.3, 0.4) is 0 Å². The fourth-order valence-electron chi connectivity index (χ4n) is 2.61. The van der Waals surface area contributed by atoms with Gasteiger partial charge in [0.1, 0.15) is 5.75 Å². The van der Waals surface area contributed by atoms with Crippen LogP contribution in [0.25, 0.3) is 11.1 Å². The Balaban J connectivity index is 1.84. The maximum atomic E-state index is 12.4.